The molecule has 2 aliphatic rings. The number of hydrogen-bond acceptors (Lipinski definition) is 2. The molecule has 0 aromatic heterocycles. The molecule has 2 heteroatoms. The minimum absolute atomic E-state index is 0.420. The van der Waals surface area contributed by atoms with Gasteiger partial charge in [0.05, 0.1) is 6.61 Å². The third-order valence-corrected chi connectivity index (χ3v) is 4.21. The van der Waals surface area contributed by atoms with E-state index >= 15 is 0 Å². The molecule has 15 heavy (non-hydrogen) atoms. The summed E-state index contributed by atoms with van der Waals surface area (Å²) in [4.78, 5) is 0. The first-order valence-electron chi connectivity index (χ1n) is 6.59. The minimum atomic E-state index is 0.420. The predicted molar refractivity (Wildman–Crippen MR) is 63.0 cm³/mol. The van der Waals surface area contributed by atoms with Crippen LogP contribution in [0.5, 0.6) is 0 Å². The molecule has 2 nitrogen and oxygen atoms in total. The summed E-state index contributed by atoms with van der Waals surface area (Å²) in [5, 5.41) is 3.90. The van der Waals surface area contributed by atoms with E-state index in [4.69, 9.17) is 4.74 Å². The Morgan fingerprint density at radius 3 is 2.67 bits per heavy atom. The molecule has 2 unspecified atom stereocenters. The van der Waals surface area contributed by atoms with Crippen LogP contribution in [0.15, 0.2) is 0 Å². The molecule has 0 aromatic carbocycles. The lowest BCUT2D eigenvalue weighted by Gasteiger charge is -2.34. The normalized spacial score (nSPS) is 32.0. The lowest BCUT2D eigenvalue weighted by molar-refractivity contribution is 0.167. The summed E-state index contributed by atoms with van der Waals surface area (Å²) in [5.41, 5.74) is 0.420. The summed E-state index contributed by atoms with van der Waals surface area (Å²) in [5.74, 6) is 0.757. The molecule has 2 atom stereocenters. The van der Waals surface area contributed by atoms with Crippen molar-refractivity contribution in [1.82, 2.24) is 5.32 Å². The van der Waals surface area contributed by atoms with Gasteiger partial charge in [-0.3, -0.25) is 0 Å². The Morgan fingerprint density at radius 2 is 2.13 bits per heavy atom. The van der Waals surface area contributed by atoms with Gasteiger partial charge in [0, 0.05) is 18.2 Å². The lowest BCUT2D eigenvalue weighted by Crippen LogP contribution is -2.49. The molecule has 1 aliphatic heterocycles. The van der Waals surface area contributed by atoms with Crippen LogP contribution in [-0.2, 0) is 4.74 Å². The first-order chi connectivity index (χ1) is 7.23. The molecule has 0 radical (unpaired) electrons. The quantitative estimate of drug-likeness (QED) is 0.772. The van der Waals surface area contributed by atoms with Crippen molar-refractivity contribution in [1.29, 1.82) is 0 Å². The predicted octanol–water partition coefficient (Wildman–Crippen LogP) is 2.72. The summed E-state index contributed by atoms with van der Waals surface area (Å²) < 4.78 is 5.50. The zero-order valence-corrected chi connectivity index (χ0v) is 10.2. The number of rotatable bonds is 4. The largest absolute Gasteiger partial charge is 0.381 e. The highest BCUT2D eigenvalue weighted by atomic mass is 16.5. The van der Waals surface area contributed by atoms with Gasteiger partial charge in [-0.15, -0.1) is 0 Å². The SMILES string of the molecule is CCC(NC1(C)CCCC1)C1CCOC1. The Morgan fingerprint density at radius 1 is 1.40 bits per heavy atom. The second-order valence-corrected chi connectivity index (χ2v) is 5.55. The Balaban J connectivity index is 1.89. The molecule has 1 aliphatic carbocycles. The molecule has 2 fully saturated rings. The van der Waals surface area contributed by atoms with Crippen molar-refractivity contribution in [3.8, 4) is 0 Å². The zero-order valence-electron chi connectivity index (χ0n) is 10.2. The van der Waals surface area contributed by atoms with Crippen LogP contribution in [0.1, 0.15) is 52.4 Å². The Hall–Kier alpha value is -0.0800. The van der Waals surface area contributed by atoms with Crippen LogP contribution in [0.4, 0.5) is 0 Å². The van der Waals surface area contributed by atoms with Crippen LogP contribution in [0, 0.1) is 5.92 Å². The maximum Gasteiger partial charge on any atom is 0.0510 e. The molecule has 1 saturated heterocycles. The Bertz CT molecular complexity index is 193. The second-order valence-electron chi connectivity index (χ2n) is 5.55. The van der Waals surface area contributed by atoms with Gasteiger partial charge in [-0.25, -0.2) is 0 Å². The fourth-order valence-corrected chi connectivity index (χ4v) is 3.17. The minimum Gasteiger partial charge on any atom is -0.381 e. The van der Waals surface area contributed by atoms with Crippen LogP contribution in [0.2, 0.25) is 0 Å². The van der Waals surface area contributed by atoms with E-state index < -0.39 is 0 Å². The van der Waals surface area contributed by atoms with E-state index in [1.54, 1.807) is 0 Å². The Labute approximate surface area is 93.8 Å². The fraction of sp³-hybridized carbons (Fsp3) is 1.00. The van der Waals surface area contributed by atoms with Crippen LogP contribution in [0.25, 0.3) is 0 Å². The molecular formula is C13H25NO. The van der Waals surface area contributed by atoms with Crippen molar-refractivity contribution < 1.29 is 4.74 Å². The number of hydrogen-bond donors (Lipinski definition) is 1. The smallest absolute Gasteiger partial charge is 0.0510 e. The first kappa shape index (κ1) is 11.4. The summed E-state index contributed by atoms with van der Waals surface area (Å²) in [7, 11) is 0. The van der Waals surface area contributed by atoms with Crippen LogP contribution in [-0.4, -0.2) is 24.8 Å². The highest BCUT2D eigenvalue weighted by molar-refractivity contribution is 4.92. The molecule has 0 aromatic rings. The molecule has 88 valence electrons. The van der Waals surface area contributed by atoms with Crippen molar-refractivity contribution in [2.75, 3.05) is 13.2 Å². The van der Waals surface area contributed by atoms with Crippen LogP contribution >= 0.6 is 0 Å². The molecule has 0 bridgehead atoms. The van der Waals surface area contributed by atoms with E-state index in [9.17, 15) is 0 Å². The average molecular weight is 211 g/mol. The van der Waals surface area contributed by atoms with E-state index in [1.165, 1.54) is 38.5 Å². The van der Waals surface area contributed by atoms with Gasteiger partial charge < -0.3 is 10.1 Å². The molecule has 0 amide bonds. The van der Waals surface area contributed by atoms with Gasteiger partial charge in [0.2, 0.25) is 0 Å². The second kappa shape index (κ2) is 4.84. The van der Waals surface area contributed by atoms with Gasteiger partial charge in [0.25, 0.3) is 0 Å². The van der Waals surface area contributed by atoms with Crippen molar-refractivity contribution in [2.24, 2.45) is 5.92 Å². The van der Waals surface area contributed by atoms with E-state index in [-0.39, 0.29) is 0 Å². The van der Waals surface area contributed by atoms with Gasteiger partial charge in [0.15, 0.2) is 0 Å². The third kappa shape index (κ3) is 2.73. The molecule has 0 spiro atoms. The van der Waals surface area contributed by atoms with Crippen molar-refractivity contribution >= 4 is 0 Å². The summed E-state index contributed by atoms with van der Waals surface area (Å²) >= 11 is 0. The van der Waals surface area contributed by atoms with E-state index in [1.807, 2.05) is 0 Å². The monoisotopic (exact) mass is 211 g/mol. The maximum atomic E-state index is 5.50. The van der Waals surface area contributed by atoms with Crippen molar-refractivity contribution in [3.05, 3.63) is 0 Å². The molecule has 2 rings (SSSR count). The van der Waals surface area contributed by atoms with Crippen LogP contribution in [0.3, 0.4) is 0 Å². The van der Waals surface area contributed by atoms with Crippen molar-refractivity contribution in [3.63, 3.8) is 0 Å². The first-order valence-corrected chi connectivity index (χ1v) is 6.59. The van der Waals surface area contributed by atoms with Crippen molar-refractivity contribution in [2.45, 2.75) is 64.0 Å². The maximum absolute atomic E-state index is 5.50. The fourth-order valence-electron chi connectivity index (χ4n) is 3.17. The molecule has 1 N–H and O–H groups in total. The highest BCUT2D eigenvalue weighted by Crippen LogP contribution is 2.31. The van der Waals surface area contributed by atoms with Gasteiger partial charge >= 0.3 is 0 Å². The summed E-state index contributed by atoms with van der Waals surface area (Å²) in [6, 6.07) is 0.676. The summed E-state index contributed by atoms with van der Waals surface area (Å²) in [6.07, 6.45) is 8.02. The Kier molecular flexibility index (Phi) is 3.68. The number of ether oxygens (including phenoxy) is 1. The topological polar surface area (TPSA) is 21.3 Å². The standard InChI is InChI=1S/C13H25NO/c1-3-12(11-6-9-15-10-11)14-13(2)7-4-5-8-13/h11-12,14H,3-10H2,1-2H3. The van der Waals surface area contributed by atoms with Gasteiger partial charge in [-0.2, -0.15) is 0 Å². The average Bonchev–Trinajstić information content (AvgIpc) is 2.85. The van der Waals surface area contributed by atoms with Crippen LogP contribution < -0.4 is 5.32 Å². The lowest BCUT2D eigenvalue weighted by atomic mass is 9.91. The highest BCUT2D eigenvalue weighted by Gasteiger charge is 2.33. The summed E-state index contributed by atoms with van der Waals surface area (Å²) in [6.45, 7) is 6.65. The van der Waals surface area contributed by atoms with E-state index in [0.717, 1.165) is 19.1 Å². The van der Waals surface area contributed by atoms with E-state index in [2.05, 4.69) is 19.2 Å². The third-order valence-electron chi connectivity index (χ3n) is 4.21. The zero-order chi connectivity index (χ0) is 10.7. The molecule has 1 heterocycles. The van der Waals surface area contributed by atoms with Gasteiger partial charge in [0.1, 0.15) is 0 Å². The molecule has 1 saturated carbocycles. The number of nitrogens with one attached hydrogen (secondary N) is 1. The van der Waals surface area contributed by atoms with Gasteiger partial charge in [-0.1, -0.05) is 19.8 Å². The van der Waals surface area contributed by atoms with E-state index in [0.29, 0.717) is 11.6 Å². The molecular weight excluding hydrogens is 186 g/mol. The van der Waals surface area contributed by atoms with Gasteiger partial charge in [-0.05, 0) is 38.5 Å².